The molecule has 0 spiro atoms. The molecule has 0 aromatic carbocycles. The summed E-state index contributed by atoms with van der Waals surface area (Å²) in [6.07, 6.45) is 0. The van der Waals surface area contributed by atoms with Crippen LogP contribution in [0.1, 0.15) is 0 Å². The van der Waals surface area contributed by atoms with Gasteiger partial charge < -0.3 is 0 Å². The summed E-state index contributed by atoms with van der Waals surface area (Å²) in [6.45, 7) is 0. The van der Waals surface area contributed by atoms with E-state index in [2.05, 4.69) is 0 Å². The fraction of sp³-hybridized carbons (Fsp3) is 0. The summed E-state index contributed by atoms with van der Waals surface area (Å²) in [7, 11) is 0. The summed E-state index contributed by atoms with van der Waals surface area (Å²) < 4.78 is 0. The molecule has 0 aromatic heterocycles. The van der Waals surface area contributed by atoms with Gasteiger partial charge in [-0.15, -0.1) is 0 Å². The largest absolute Gasteiger partial charge is 0 e. The normalized spacial score (nSPS) is 0. The van der Waals surface area contributed by atoms with Gasteiger partial charge in [0.1, 0.15) is 0 Å². The molecule has 0 rings (SSSR count). The van der Waals surface area contributed by atoms with Crippen molar-refractivity contribution in [2.75, 3.05) is 0 Å². The molecule has 7 heavy (non-hydrogen) atoms. The van der Waals surface area contributed by atoms with E-state index in [0.717, 1.165) is 0 Å². The molecule has 35 valence electrons. The van der Waals surface area contributed by atoms with Crippen LogP contribution in [0.4, 0.5) is 0 Å². The molecule has 0 unspecified atom stereocenters. The zero-order chi connectivity index (χ0) is 0. The van der Waals surface area contributed by atoms with E-state index < -0.39 is 0 Å². The molecule has 0 N–H and O–H groups in total. The van der Waals surface area contributed by atoms with Gasteiger partial charge in [-0.05, 0) is 0 Å². The van der Waals surface area contributed by atoms with E-state index in [1.807, 2.05) is 0 Å². The summed E-state index contributed by atoms with van der Waals surface area (Å²) in [5, 5.41) is 0. The SMILES string of the molecule is [Hf].[Mo].[Nb].[Ta].[V].[W].[Zr]. The van der Waals surface area contributed by atoms with Crippen LogP contribution in [0.5, 0.6) is 0 Å². The maximum atomic E-state index is 0. The van der Waals surface area contributed by atoms with Crippen LogP contribution in [0.25, 0.3) is 0 Å². The average Bonchev–Trinajstić information content (AvgIpc) is 0. The molecular formula is HfMoNbTaVWZr. The van der Waals surface area contributed by atoms with Gasteiger partial charge >= 0.3 is 0 Å². The standard InChI is InChI=1S/Hf.Mo.Nb.Ta.V.W.Zr. The van der Waals surface area contributed by atoms with E-state index in [1.165, 1.54) is 0 Å². The minimum absolute atomic E-state index is 0. The minimum Gasteiger partial charge on any atom is 0 e. The fourth-order valence-corrected chi connectivity index (χ4v) is 0. The third kappa shape index (κ3) is 35.1. The van der Waals surface area contributed by atoms with E-state index >= 15 is 0 Å². The van der Waals surface area contributed by atoms with E-state index in [9.17, 15) is 0 Å². The first-order valence-corrected chi connectivity index (χ1v) is 0. The summed E-state index contributed by atoms with van der Waals surface area (Å²) in [5.74, 6) is 0. The van der Waals surface area contributed by atoms with Crippen LogP contribution in [0, 0.1) is 0 Å². The van der Waals surface area contributed by atoms with E-state index in [0.29, 0.717) is 0 Å². The van der Waals surface area contributed by atoms with Gasteiger partial charge in [-0.1, -0.05) is 0 Å². The molecule has 7 heteroatoms. The molecule has 0 aromatic rings. The van der Waals surface area contributed by atoms with Gasteiger partial charge in [-0.3, -0.25) is 0 Å². The topological polar surface area (TPSA) is 0 Å². The Bertz CT molecular complexity index is 19.7. The van der Waals surface area contributed by atoms with Gasteiger partial charge in [0.15, 0.2) is 0 Å². The van der Waals surface area contributed by atoms with Crippen LogP contribution in [0.2, 0.25) is 0 Å². The van der Waals surface area contributed by atoms with Crippen molar-refractivity contribution < 1.29 is 157 Å². The Labute approximate surface area is 154 Å². The minimum atomic E-state index is 0. The first kappa shape index (κ1) is 56.6. The Balaban J connectivity index is 0. The average molecular weight is 874 g/mol. The van der Waals surface area contributed by atoms with E-state index in [1.54, 1.807) is 0 Å². The fourth-order valence-electron chi connectivity index (χ4n) is 0. The van der Waals surface area contributed by atoms with Gasteiger partial charge in [0, 0.05) is 157 Å². The summed E-state index contributed by atoms with van der Waals surface area (Å²) in [5.41, 5.74) is 0. The first-order chi connectivity index (χ1) is 0. The number of rotatable bonds is 0. The third-order valence-corrected chi connectivity index (χ3v) is 0. The maximum absolute atomic E-state index is 0. The smallest absolute Gasteiger partial charge is 0 e. The van der Waals surface area contributed by atoms with Gasteiger partial charge in [0.2, 0.25) is 0 Å². The predicted octanol–water partition coefficient (Wildman–Crippen LogP) is -0.0175. The monoisotopic (exact) mass is 877 g/mol. The van der Waals surface area contributed by atoms with Crippen LogP contribution in [-0.4, -0.2) is 0 Å². The molecule has 0 saturated carbocycles. The van der Waals surface area contributed by atoms with Crippen molar-refractivity contribution in [1.82, 2.24) is 0 Å². The summed E-state index contributed by atoms with van der Waals surface area (Å²) in [4.78, 5) is 0. The third-order valence-electron chi connectivity index (χ3n) is 0. The maximum Gasteiger partial charge on any atom is 0 e. The Hall–Kier alpha value is 5.19. The van der Waals surface area contributed by atoms with Crippen LogP contribution < -0.4 is 0 Å². The molecule has 0 aliphatic rings. The summed E-state index contributed by atoms with van der Waals surface area (Å²) >= 11 is 0. The van der Waals surface area contributed by atoms with Crippen molar-refractivity contribution >= 4 is 0 Å². The molecule has 0 atom stereocenters. The molecule has 0 aliphatic carbocycles. The van der Waals surface area contributed by atoms with Crippen LogP contribution in [0.15, 0.2) is 0 Å². The molecule has 0 amide bonds. The molecule has 0 aliphatic heterocycles. The van der Waals surface area contributed by atoms with Crippen LogP contribution in [0.3, 0.4) is 0 Å². The van der Waals surface area contributed by atoms with Crippen molar-refractivity contribution in [2.24, 2.45) is 0 Å². The van der Waals surface area contributed by atoms with Crippen molar-refractivity contribution in [3.63, 3.8) is 0 Å². The second kappa shape index (κ2) is 43.1. The van der Waals surface area contributed by atoms with Gasteiger partial charge in [0.05, 0.1) is 0 Å². The molecule has 0 fully saturated rings. The molecule has 3 radical (unpaired) electrons. The first-order valence-electron chi connectivity index (χ1n) is 0. The van der Waals surface area contributed by atoms with Gasteiger partial charge in [-0.2, -0.15) is 0 Å². The Morgan fingerprint density at radius 3 is 1.00 bits per heavy atom. The Morgan fingerprint density at radius 2 is 1.00 bits per heavy atom. The summed E-state index contributed by atoms with van der Waals surface area (Å²) in [6, 6.07) is 0. The molecule has 0 bridgehead atoms. The number of hydrogen-bond acceptors (Lipinski definition) is 0. The Kier molecular flexibility index (Phi) is 349. The zero-order valence-corrected chi connectivity index (χ0v) is 21.0. The van der Waals surface area contributed by atoms with Crippen molar-refractivity contribution in [2.45, 2.75) is 0 Å². The van der Waals surface area contributed by atoms with E-state index in [4.69, 9.17) is 0 Å². The second-order valence-electron chi connectivity index (χ2n) is 0. The van der Waals surface area contributed by atoms with Crippen molar-refractivity contribution in [3.8, 4) is 0 Å². The molecule has 0 nitrogen and oxygen atoms in total. The van der Waals surface area contributed by atoms with Crippen LogP contribution >= 0.6 is 0 Å². The number of hydrogen-bond donors (Lipinski definition) is 0. The van der Waals surface area contributed by atoms with Gasteiger partial charge in [-0.25, -0.2) is 0 Å². The molecular weight excluding hydrogens is 874 g/mol. The second-order valence-corrected chi connectivity index (χ2v) is 0. The Morgan fingerprint density at radius 1 is 1.00 bits per heavy atom. The quantitative estimate of drug-likeness (QED) is 0.301. The molecule has 0 heterocycles. The van der Waals surface area contributed by atoms with Gasteiger partial charge in [0.25, 0.3) is 0 Å². The van der Waals surface area contributed by atoms with Crippen LogP contribution in [-0.2, 0) is 157 Å². The zero-order valence-electron chi connectivity index (χ0n) is 3.16. The molecule has 0 saturated heterocycles. The van der Waals surface area contributed by atoms with Crippen molar-refractivity contribution in [3.05, 3.63) is 0 Å². The van der Waals surface area contributed by atoms with E-state index in [-0.39, 0.29) is 157 Å². The predicted molar refractivity (Wildman–Crippen MR) is 0 cm³/mol. The van der Waals surface area contributed by atoms with Crippen molar-refractivity contribution in [1.29, 1.82) is 0 Å².